The predicted octanol–water partition coefficient (Wildman–Crippen LogP) is 2.04. The van der Waals surface area contributed by atoms with E-state index in [1.807, 2.05) is 0 Å². The number of hydrogen-bond acceptors (Lipinski definition) is 5. The third-order valence-corrected chi connectivity index (χ3v) is 1.78. The van der Waals surface area contributed by atoms with Gasteiger partial charge in [-0.1, -0.05) is 0 Å². The molecule has 0 amide bonds. The van der Waals surface area contributed by atoms with Gasteiger partial charge in [-0.15, -0.1) is 0 Å². The predicted molar refractivity (Wildman–Crippen MR) is 56.0 cm³/mol. The van der Waals surface area contributed by atoms with E-state index in [2.05, 4.69) is 4.74 Å². The molecule has 1 aromatic rings. The normalized spacial score (nSPS) is 9.38. The molecule has 1 rings (SSSR count). The summed E-state index contributed by atoms with van der Waals surface area (Å²) in [5.74, 6) is 0.518. The maximum atomic E-state index is 11.1. The molecule has 0 spiro atoms. The molecule has 0 aromatic heterocycles. The second-order valence-electron chi connectivity index (χ2n) is 2.81. The zero-order chi connectivity index (χ0) is 12.0. The number of rotatable bonds is 4. The number of carbonyl (C=O) groups is 2. The van der Waals surface area contributed by atoms with E-state index in [1.165, 1.54) is 25.3 Å². The van der Waals surface area contributed by atoms with Crippen LogP contribution in [0.5, 0.6) is 11.5 Å². The van der Waals surface area contributed by atoms with Crippen LogP contribution in [-0.2, 0) is 4.74 Å². The minimum atomic E-state index is -0.806. The van der Waals surface area contributed by atoms with Gasteiger partial charge in [-0.3, -0.25) is 4.79 Å². The van der Waals surface area contributed by atoms with E-state index >= 15 is 0 Å². The molecule has 0 aliphatic rings. The molecule has 1 aromatic carbocycles. The Morgan fingerprint density at radius 2 is 2.12 bits per heavy atom. The Bertz CT molecular complexity index is 386. The van der Waals surface area contributed by atoms with Gasteiger partial charge in [-0.25, -0.2) is 4.79 Å². The Labute approximate surface area is 92.9 Å². The van der Waals surface area contributed by atoms with E-state index < -0.39 is 6.16 Å². The van der Waals surface area contributed by atoms with Crippen molar-refractivity contribution in [3.05, 3.63) is 23.8 Å². The summed E-state index contributed by atoms with van der Waals surface area (Å²) in [7, 11) is 1.42. The highest BCUT2D eigenvalue weighted by molar-refractivity contribution is 5.77. The van der Waals surface area contributed by atoms with Crippen LogP contribution in [0.2, 0.25) is 0 Å². The molecule has 0 aliphatic carbocycles. The molecule has 86 valence electrons. The fraction of sp³-hybridized carbons (Fsp3) is 0.273. The maximum Gasteiger partial charge on any atom is 0.513 e. The summed E-state index contributed by atoms with van der Waals surface area (Å²) < 4.78 is 14.5. The first-order chi connectivity index (χ1) is 7.71. The van der Waals surface area contributed by atoms with Gasteiger partial charge >= 0.3 is 6.16 Å². The molecule has 0 bridgehead atoms. The molecule has 0 saturated heterocycles. The number of hydrogen-bond donors (Lipinski definition) is 0. The number of carbonyl (C=O) groups excluding carboxylic acids is 2. The number of ether oxygens (including phenoxy) is 3. The van der Waals surface area contributed by atoms with Crippen molar-refractivity contribution in [2.75, 3.05) is 13.7 Å². The van der Waals surface area contributed by atoms with Crippen molar-refractivity contribution in [2.24, 2.45) is 0 Å². The highest BCUT2D eigenvalue weighted by Gasteiger charge is 2.10. The summed E-state index contributed by atoms with van der Waals surface area (Å²) in [5.41, 5.74) is 0.438. The molecule has 0 unspecified atom stereocenters. The molecule has 0 N–H and O–H groups in total. The van der Waals surface area contributed by atoms with Crippen LogP contribution in [0.15, 0.2) is 18.2 Å². The van der Waals surface area contributed by atoms with Gasteiger partial charge in [0.2, 0.25) is 0 Å². The van der Waals surface area contributed by atoms with Crippen LogP contribution in [0.25, 0.3) is 0 Å². The van der Waals surface area contributed by atoms with Gasteiger partial charge in [0.1, 0.15) is 6.29 Å². The highest BCUT2D eigenvalue weighted by Crippen LogP contribution is 2.27. The van der Waals surface area contributed by atoms with Crippen LogP contribution in [0.4, 0.5) is 4.79 Å². The van der Waals surface area contributed by atoms with E-state index in [0.29, 0.717) is 17.6 Å². The smallest absolute Gasteiger partial charge is 0.493 e. The summed E-state index contributed by atoms with van der Waals surface area (Å²) in [5, 5.41) is 0. The molecular formula is C11H12O5. The monoisotopic (exact) mass is 224 g/mol. The van der Waals surface area contributed by atoms with Gasteiger partial charge in [0.05, 0.1) is 13.7 Å². The molecule has 0 fully saturated rings. The van der Waals surface area contributed by atoms with E-state index in [4.69, 9.17) is 9.47 Å². The van der Waals surface area contributed by atoms with Gasteiger partial charge in [-0.2, -0.15) is 0 Å². The lowest BCUT2D eigenvalue weighted by Gasteiger charge is -2.08. The van der Waals surface area contributed by atoms with Crippen molar-refractivity contribution < 1.29 is 23.8 Å². The number of aldehydes is 1. The summed E-state index contributed by atoms with van der Waals surface area (Å²) in [6.07, 6.45) is -0.129. The Kier molecular flexibility index (Phi) is 4.32. The van der Waals surface area contributed by atoms with E-state index in [1.54, 1.807) is 6.92 Å². The van der Waals surface area contributed by atoms with Crippen LogP contribution in [0, 0.1) is 0 Å². The average Bonchev–Trinajstić information content (AvgIpc) is 2.30. The molecule has 0 heterocycles. The Morgan fingerprint density at radius 1 is 1.38 bits per heavy atom. The molecule has 5 heteroatoms. The zero-order valence-electron chi connectivity index (χ0n) is 9.06. The van der Waals surface area contributed by atoms with E-state index in [9.17, 15) is 9.59 Å². The lowest BCUT2D eigenvalue weighted by Crippen LogP contribution is -2.10. The van der Waals surface area contributed by atoms with Crippen molar-refractivity contribution in [1.82, 2.24) is 0 Å². The maximum absolute atomic E-state index is 11.1. The first-order valence-corrected chi connectivity index (χ1v) is 4.69. The van der Waals surface area contributed by atoms with Gasteiger partial charge in [-0.05, 0) is 25.1 Å². The molecule has 0 radical (unpaired) electrons. The first kappa shape index (κ1) is 12.0. The molecule has 0 saturated carbocycles. The fourth-order valence-electron chi connectivity index (χ4n) is 1.08. The van der Waals surface area contributed by atoms with Crippen LogP contribution in [0.1, 0.15) is 17.3 Å². The number of benzene rings is 1. The summed E-state index contributed by atoms with van der Waals surface area (Å²) in [6, 6.07) is 4.46. The highest BCUT2D eigenvalue weighted by atomic mass is 16.7. The van der Waals surface area contributed by atoms with Crippen molar-refractivity contribution in [2.45, 2.75) is 6.92 Å². The number of methoxy groups -OCH3 is 1. The molecule has 5 nitrogen and oxygen atoms in total. The van der Waals surface area contributed by atoms with Gasteiger partial charge < -0.3 is 14.2 Å². The minimum absolute atomic E-state index is 0.214. The largest absolute Gasteiger partial charge is 0.513 e. The quantitative estimate of drug-likeness (QED) is 0.445. The van der Waals surface area contributed by atoms with Crippen molar-refractivity contribution in [3.8, 4) is 11.5 Å². The second kappa shape index (κ2) is 5.75. The summed E-state index contributed by atoms with van der Waals surface area (Å²) in [4.78, 5) is 21.6. The average molecular weight is 224 g/mol. The SMILES string of the molecule is CCOC(=O)Oc1ccc(C=O)cc1OC. The van der Waals surface area contributed by atoms with E-state index in [0.717, 1.165) is 0 Å². The topological polar surface area (TPSA) is 61.8 Å². The first-order valence-electron chi connectivity index (χ1n) is 4.69. The van der Waals surface area contributed by atoms with E-state index in [-0.39, 0.29) is 12.4 Å². The third-order valence-electron chi connectivity index (χ3n) is 1.78. The molecule has 0 atom stereocenters. The zero-order valence-corrected chi connectivity index (χ0v) is 9.06. The summed E-state index contributed by atoms with van der Waals surface area (Å²) >= 11 is 0. The molecule has 16 heavy (non-hydrogen) atoms. The molecule has 0 aliphatic heterocycles. The third kappa shape index (κ3) is 2.98. The lowest BCUT2D eigenvalue weighted by atomic mass is 10.2. The van der Waals surface area contributed by atoms with Gasteiger partial charge in [0.15, 0.2) is 11.5 Å². The van der Waals surface area contributed by atoms with Crippen LogP contribution < -0.4 is 9.47 Å². The summed E-state index contributed by atoms with van der Waals surface area (Å²) in [6.45, 7) is 1.90. The van der Waals surface area contributed by atoms with Crippen LogP contribution >= 0.6 is 0 Å². The Morgan fingerprint density at radius 3 is 2.69 bits per heavy atom. The van der Waals surface area contributed by atoms with Crippen molar-refractivity contribution in [3.63, 3.8) is 0 Å². The van der Waals surface area contributed by atoms with Crippen molar-refractivity contribution >= 4 is 12.4 Å². The Balaban J connectivity index is 2.87. The fourth-order valence-corrected chi connectivity index (χ4v) is 1.08. The standard InChI is InChI=1S/C11H12O5/c1-3-15-11(13)16-9-5-4-8(7-12)6-10(9)14-2/h4-7H,3H2,1-2H3. The molecular weight excluding hydrogens is 212 g/mol. The van der Waals surface area contributed by atoms with Crippen LogP contribution in [0.3, 0.4) is 0 Å². The minimum Gasteiger partial charge on any atom is -0.493 e. The van der Waals surface area contributed by atoms with Crippen LogP contribution in [-0.4, -0.2) is 26.2 Å². The van der Waals surface area contributed by atoms with Crippen molar-refractivity contribution in [1.29, 1.82) is 0 Å². The Hall–Kier alpha value is -2.04. The van der Waals surface area contributed by atoms with Gasteiger partial charge in [0.25, 0.3) is 0 Å². The second-order valence-corrected chi connectivity index (χ2v) is 2.81. The van der Waals surface area contributed by atoms with Gasteiger partial charge in [0, 0.05) is 5.56 Å². The lowest BCUT2D eigenvalue weighted by molar-refractivity contribution is 0.103.